The first-order valence-electron chi connectivity index (χ1n) is 6.53. The van der Waals surface area contributed by atoms with Gasteiger partial charge in [-0.15, -0.1) is 0 Å². The van der Waals surface area contributed by atoms with Gasteiger partial charge in [-0.2, -0.15) is 5.10 Å². The summed E-state index contributed by atoms with van der Waals surface area (Å²) in [4.78, 5) is 0. The molecule has 0 bridgehead atoms. The number of hydrogen-bond acceptors (Lipinski definition) is 2. The molecule has 0 amide bonds. The number of nitrogens with zero attached hydrogens (tertiary/aromatic N) is 2. The van der Waals surface area contributed by atoms with Crippen LogP contribution in [0.3, 0.4) is 0 Å². The summed E-state index contributed by atoms with van der Waals surface area (Å²) in [7, 11) is 0. The van der Waals surface area contributed by atoms with E-state index in [0.29, 0.717) is 0 Å². The molecule has 0 radical (unpaired) electrons. The lowest BCUT2D eigenvalue weighted by Crippen LogP contribution is -2.22. The summed E-state index contributed by atoms with van der Waals surface area (Å²) >= 11 is 0. The molecular weight excluding hydrogens is 198 g/mol. The first kappa shape index (κ1) is 11.6. The third-order valence-corrected chi connectivity index (χ3v) is 3.55. The molecule has 0 spiro atoms. The molecule has 1 aliphatic carbocycles. The molecule has 3 heteroatoms. The molecule has 1 fully saturated rings. The summed E-state index contributed by atoms with van der Waals surface area (Å²) in [5.41, 5.74) is 2.44. The Balaban J connectivity index is 1.71. The Morgan fingerprint density at radius 3 is 2.94 bits per heavy atom. The highest BCUT2D eigenvalue weighted by molar-refractivity contribution is 5.08. The van der Waals surface area contributed by atoms with Gasteiger partial charge in [-0.25, -0.2) is 0 Å². The van der Waals surface area contributed by atoms with Crippen molar-refractivity contribution in [1.29, 1.82) is 0 Å². The van der Waals surface area contributed by atoms with Crippen LogP contribution >= 0.6 is 0 Å². The van der Waals surface area contributed by atoms with Gasteiger partial charge in [0.25, 0.3) is 0 Å². The molecule has 1 heterocycles. The molecular formula is C13H23N3. The van der Waals surface area contributed by atoms with Gasteiger partial charge in [0.1, 0.15) is 0 Å². The van der Waals surface area contributed by atoms with Gasteiger partial charge in [0.15, 0.2) is 0 Å². The van der Waals surface area contributed by atoms with Gasteiger partial charge in [-0.1, -0.05) is 19.3 Å². The maximum atomic E-state index is 4.45. The quantitative estimate of drug-likeness (QED) is 0.748. The zero-order chi connectivity index (χ0) is 11.4. The van der Waals surface area contributed by atoms with Crippen LogP contribution in [0.1, 0.15) is 44.0 Å². The van der Waals surface area contributed by atoms with Gasteiger partial charge in [-0.3, -0.25) is 4.68 Å². The number of rotatable bonds is 6. The molecule has 1 aliphatic rings. The first-order chi connectivity index (χ1) is 7.79. The topological polar surface area (TPSA) is 29.9 Å². The lowest BCUT2D eigenvalue weighted by Gasteiger charge is -2.25. The standard InChI is InChI=1S/C13H23N3/c1-3-16-13(9-11(2)15-16)10-14-8-7-12-5-4-6-12/h9,12,14H,3-8,10H2,1-2H3. The maximum Gasteiger partial charge on any atom is 0.0597 e. The van der Waals surface area contributed by atoms with Crippen LogP contribution in [0.15, 0.2) is 6.07 Å². The van der Waals surface area contributed by atoms with Gasteiger partial charge in [-0.05, 0) is 38.8 Å². The number of aromatic nitrogens is 2. The van der Waals surface area contributed by atoms with E-state index in [2.05, 4.69) is 35.0 Å². The monoisotopic (exact) mass is 221 g/mol. The first-order valence-corrected chi connectivity index (χ1v) is 6.53. The minimum atomic E-state index is 0.960. The lowest BCUT2D eigenvalue weighted by molar-refractivity contribution is 0.291. The summed E-state index contributed by atoms with van der Waals surface area (Å²) in [5.74, 6) is 1.00. The van der Waals surface area contributed by atoms with Gasteiger partial charge >= 0.3 is 0 Å². The molecule has 0 aliphatic heterocycles. The zero-order valence-corrected chi connectivity index (χ0v) is 10.5. The predicted molar refractivity (Wildman–Crippen MR) is 66.3 cm³/mol. The highest BCUT2D eigenvalue weighted by Gasteiger charge is 2.16. The van der Waals surface area contributed by atoms with E-state index < -0.39 is 0 Å². The maximum absolute atomic E-state index is 4.45. The minimum absolute atomic E-state index is 0.960. The Morgan fingerprint density at radius 2 is 2.31 bits per heavy atom. The summed E-state index contributed by atoms with van der Waals surface area (Å²) in [6.45, 7) is 7.28. The highest BCUT2D eigenvalue weighted by atomic mass is 15.3. The molecule has 0 aromatic carbocycles. The summed E-state index contributed by atoms with van der Waals surface area (Å²) < 4.78 is 2.09. The van der Waals surface area contributed by atoms with Crippen LogP contribution in [0.5, 0.6) is 0 Å². The van der Waals surface area contributed by atoms with Crippen molar-refractivity contribution in [2.24, 2.45) is 5.92 Å². The zero-order valence-electron chi connectivity index (χ0n) is 10.5. The molecule has 0 unspecified atom stereocenters. The van der Waals surface area contributed by atoms with Crippen LogP contribution in [0.4, 0.5) is 0 Å². The fourth-order valence-electron chi connectivity index (χ4n) is 2.32. The summed E-state index contributed by atoms with van der Waals surface area (Å²) in [6.07, 6.45) is 5.70. The second-order valence-corrected chi connectivity index (χ2v) is 4.86. The molecule has 0 saturated heterocycles. The second kappa shape index (κ2) is 5.48. The van der Waals surface area contributed by atoms with E-state index in [1.807, 2.05) is 0 Å². The Morgan fingerprint density at radius 1 is 1.50 bits per heavy atom. The molecule has 1 aromatic rings. The molecule has 1 saturated carbocycles. The Kier molecular flexibility index (Phi) is 3.99. The molecule has 16 heavy (non-hydrogen) atoms. The van der Waals surface area contributed by atoms with Crippen LogP contribution in [0.2, 0.25) is 0 Å². The van der Waals surface area contributed by atoms with E-state index in [1.54, 1.807) is 0 Å². The SMILES string of the molecule is CCn1nc(C)cc1CNCCC1CCC1. The molecule has 0 atom stereocenters. The van der Waals surface area contributed by atoms with Gasteiger partial charge in [0.2, 0.25) is 0 Å². The highest BCUT2D eigenvalue weighted by Crippen LogP contribution is 2.28. The molecule has 2 rings (SSSR count). The summed E-state index contributed by atoms with van der Waals surface area (Å²) in [6, 6.07) is 2.18. The van der Waals surface area contributed by atoms with Crippen LogP contribution in [0, 0.1) is 12.8 Å². The van der Waals surface area contributed by atoms with Gasteiger partial charge in [0.05, 0.1) is 11.4 Å². The minimum Gasteiger partial charge on any atom is -0.311 e. The predicted octanol–water partition coefficient (Wildman–Crippen LogP) is 2.49. The molecule has 1 aromatic heterocycles. The smallest absolute Gasteiger partial charge is 0.0597 e. The van der Waals surface area contributed by atoms with E-state index in [4.69, 9.17) is 0 Å². The molecule has 1 N–H and O–H groups in total. The number of nitrogens with one attached hydrogen (secondary N) is 1. The molecule has 90 valence electrons. The normalized spacial score (nSPS) is 16.4. The third-order valence-electron chi connectivity index (χ3n) is 3.55. The van der Waals surface area contributed by atoms with E-state index in [1.165, 1.54) is 31.4 Å². The van der Waals surface area contributed by atoms with Crippen molar-refractivity contribution in [3.8, 4) is 0 Å². The van der Waals surface area contributed by atoms with E-state index in [0.717, 1.165) is 31.2 Å². The van der Waals surface area contributed by atoms with Crippen molar-refractivity contribution < 1.29 is 0 Å². The van der Waals surface area contributed by atoms with E-state index in [9.17, 15) is 0 Å². The van der Waals surface area contributed by atoms with Crippen molar-refractivity contribution in [1.82, 2.24) is 15.1 Å². The average Bonchev–Trinajstić information content (AvgIpc) is 2.56. The van der Waals surface area contributed by atoms with Crippen molar-refractivity contribution in [3.63, 3.8) is 0 Å². The van der Waals surface area contributed by atoms with Crippen LogP contribution < -0.4 is 5.32 Å². The Bertz CT molecular complexity index is 326. The van der Waals surface area contributed by atoms with Crippen LogP contribution in [-0.4, -0.2) is 16.3 Å². The fraction of sp³-hybridized carbons (Fsp3) is 0.769. The number of hydrogen-bond donors (Lipinski definition) is 1. The lowest BCUT2D eigenvalue weighted by atomic mass is 9.83. The largest absolute Gasteiger partial charge is 0.311 e. The fourth-order valence-corrected chi connectivity index (χ4v) is 2.32. The summed E-state index contributed by atoms with van der Waals surface area (Å²) in [5, 5.41) is 7.97. The molecule has 3 nitrogen and oxygen atoms in total. The third kappa shape index (κ3) is 2.85. The van der Waals surface area contributed by atoms with Crippen molar-refractivity contribution in [3.05, 3.63) is 17.5 Å². The Labute approximate surface area is 98.2 Å². The van der Waals surface area contributed by atoms with Crippen molar-refractivity contribution in [2.45, 2.75) is 52.6 Å². The van der Waals surface area contributed by atoms with Crippen LogP contribution in [0.25, 0.3) is 0 Å². The average molecular weight is 221 g/mol. The van der Waals surface area contributed by atoms with E-state index in [-0.39, 0.29) is 0 Å². The Hall–Kier alpha value is -0.830. The van der Waals surface area contributed by atoms with Gasteiger partial charge in [0, 0.05) is 13.1 Å². The van der Waals surface area contributed by atoms with Crippen molar-refractivity contribution in [2.75, 3.05) is 6.54 Å². The van der Waals surface area contributed by atoms with E-state index >= 15 is 0 Å². The van der Waals surface area contributed by atoms with Crippen LogP contribution in [-0.2, 0) is 13.1 Å². The second-order valence-electron chi connectivity index (χ2n) is 4.86. The number of aryl methyl sites for hydroxylation is 2. The van der Waals surface area contributed by atoms with Crippen molar-refractivity contribution >= 4 is 0 Å². The van der Waals surface area contributed by atoms with Gasteiger partial charge < -0.3 is 5.32 Å².